The van der Waals surface area contributed by atoms with Gasteiger partial charge in [-0.15, -0.1) is 0 Å². The monoisotopic (exact) mass is 298 g/mol. The van der Waals surface area contributed by atoms with Crippen LogP contribution in [0.1, 0.15) is 5.69 Å². The van der Waals surface area contributed by atoms with Crippen molar-refractivity contribution in [2.75, 3.05) is 19.7 Å². The molecule has 0 bridgehead atoms. The predicted molar refractivity (Wildman–Crippen MR) is 81.8 cm³/mol. The maximum atomic E-state index is 10.8. The third-order valence-electron chi connectivity index (χ3n) is 3.49. The molecule has 2 heterocycles. The first-order valence-corrected chi connectivity index (χ1v) is 7.30. The van der Waals surface area contributed by atoms with Gasteiger partial charge in [0.1, 0.15) is 23.9 Å². The molecule has 1 aliphatic heterocycles. The molecule has 0 N–H and O–H groups in total. The van der Waals surface area contributed by atoms with Crippen LogP contribution < -0.4 is 4.74 Å². The van der Waals surface area contributed by atoms with Gasteiger partial charge in [-0.1, -0.05) is 18.2 Å². The Balaban J connectivity index is 1.58. The molecule has 1 saturated heterocycles. The van der Waals surface area contributed by atoms with Crippen LogP contribution in [0.4, 0.5) is 0 Å². The molecule has 0 spiro atoms. The number of benzene rings is 1. The molecule has 0 amide bonds. The van der Waals surface area contributed by atoms with E-state index in [9.17, 15) is 4.79 Å². The second-order valence-electron chi connectivity index (χ2n) is 5.18. The van der Waals surface area contributed by atoms with Gasteiger partial charge < -0.3 is 14.3 Å². The van der Waals surface area contributed by atoms with Crippen LogP contribution in [0, 0.1) is 0 Å². The summed E-state index contributed by atoms with van der Waals surface area (Å²) < 4.78 is 11.0. The summed E-state index contributed by atoms with van der Waals surface area (Å²) in [7, 11) is 0. The van der Waals surface area contributed by atoms with Crippen molar-refractivity contribution in [2.45, 2.75) is 12.6 Å². The van der Waals surface area contributed by atoms with Gasteiger partial charge in [0.05, 0.1) is 18.5 Å². The van der Waals surface area contributed by atoms with Crippen LogP contribution in [0.15, 0.2) is 48.7 Å². The van der Waals surface area contributed by atoms with E-state index in [0.717, 1.165) is 24.3 Å². The fourth-order valence-electron chi connectivity index (χ4n) is 2.38. The largest absolute Gasteiger partial charge is 0.456 e. The molecule has 0 radical (unpaired) electrons. The molecular formula is C17H18N2O3. The number of carbonyl (C=O) groups is 1. The number of pyridine rings is 1. The predicted octanol–water partition coefficient (Wildman–Crippen LogP) is 2.27. The smallest absolute Gasteiger partial charge is 0.150 e. The summed E-state index contributed by atoms with van der Waals surface area (Å²) in [6, 6.07) is 13.5. The maximum absolute atomic E-state index is 10.8. The van der Waals surface area contributed by atoms with Gasteiger partial charge in [0.25, 0.3) is 0 Å². The Morgan fingerprint density at radius 2 is 2.09 bits per heavy atom. The van der Waals surface area contributed by atoms with Crippen molar-refractivity contribution in [1.82, 2.24) is 9.88 Å². The van der Waals surface area contributed by atoms with E-state index >= 15 is 0 Å². The molecule has 5 heteroatoms. The van der Waals surface area contributed by atoms with Crippen LogP contribution in [0.2, 0.25) is 0 Å². The highest BCUT2D eigenvalue weighted by atomic mass is 16.5. The zero-order valence-electron chi connectivity index (χ0n) is 12.2. The fourth-order valence-corrected chi connectivity index (χ4v) is 2.38. The molecule has 114 valence electrons. The number of nitrogens with zero attached hydrogens (tertiary/aromatic N) is 2. The van der Waals surface area contributed by atoms with Crippen molar-refractivity contribution >= 4 is 6.29 Å². The number of aromatic nitrogens is 1. The van der Waals surface area contributed by atoms with Gasteiger partial charge in [0.2, 0.25) is 0 Å². The molecule has 22 heavy (non-hydrogen) atoms. The number of carbonyl (C=O) groups excluding carboxylic acids is 1. The number of rotatable bonds is 5. The minimum absolute atomic E-state index is 0.325. The Hall–Kier alpha value is -2.24. The lowest BCUT2D eigenvalue weighted by Crippen LogP contribution is -2.42. The highest BCUT2D eigenvalue weighted by Gasteiger charge is 2.19. The third-order valence-corrected chi connectivity index (χ3v) is 3.49. The van der Waals surface area contributed by atoms with Crippen molar-refractivity contribution in [1.29, 1.82) is 0 Å². The number of ether oxygens (including phenoxy) is 2. The molecule has 0 aliphatic carbocycles. The van der Waals surface area contributed by atoms with Gasteiger partial charge >= 0.3 is 0 Å². The summed E-state index contributed by atoms with van der Waals surface area (Å²) in [6.07, 6.45) is 2.26. The molecule has 5 nitrogen and oxygen atoms in total. The van der Waals surface area contributed by atoms with E-state index in [1.54, 1.807) is 6.20 Å². The average molecular weight is 298 g/mol. The molecule has 3 rings (SSSR count). The second kappa shape index (κ2) is 7.15. The normalized spacial score (nSPS) is 18.8. The summed E-state index contributed by atoms with van der Waals surface area (Å²) in [4.78, 5) is 17.4. The second-order valence-corrected chi connectivity index (χ2v) is 5.18. The third kappa shape index (κ3) is 3.90. The molecule has 2 aromatic rings. The van der Waals surface area contributed by atoms with Crippen LogP contribution in [0.25, 0.3) is 0 Å². The van der Waals surface area contributed by atoms with Gasteiger partial charge in [-0.05, 0) is 24.3 Å². The van der Waals surface area contributed by atoms with Crippen LogP contribution in [0.5, 0.6) is 11.5 Å². The minimum atomic E-state index is -0.325. The van der Waals surface area contributed by atoms with E-state index in [2.05, 4.69) is 9.88 Å². The molecular weight excluding hydrogens is 280 g/mol. The lowest BCUT2D eigenvalue weighted by atomic mass is 10.2. The van der Waals surface area contributed by atoms with Crippen molar-refractivity contribution in [3.63, 3.8) is 0 Å². The first-order chi connectivity index (χ1) is 10.8. The highest BCUT2D eigenvalue weighted by Crippen LogP contribution is 2.20. The first kappa shape index (κ1) is 14.7. The molecule has 1 aromatic carbocycles. The summed E-state index contributed by atoms with van der Waals surface area (Å²) in [5, 5.41) is 0. The van der Waals surface area contributed by atoms with Crippen molar-refractivity contribution < 1.29 is 14.3 Å². The lowest BCUT2D eigenvalue weighted by Gasteiger charge is -2.29. The van der Waals surface area contributed by atoms with Crippen LogP contribution in [-0.2, 0) is 16.1 Å². The summed E-state index contributed by atoms with van der Waals surface area (Å²) in [5.41, 5.74) is 0.951. The SMILES string of the molecule is O=C[C@@H]1CN(Cc2ccc(Oc3ccccc3)cn2)CCO1. The molecule has 1 fully saturated rings. The van der Waals surface area contributed by atoms with Gasteiger partial charge in [-0.25, -0.2) is 0 Å². The van der Waals surface area contributed by atoms with Crippen molar-refractivity contribution in [3.8, 4) is 11.5 Å². The van der Waals surface area contributed by atoms with Crippen LogP contribution in [-0.4, -0.2) is 42.0 Å². The summed E-state index contributed by atoms with van der Waals surface area (Å²) in [5.74, 6) is 1.50. The minimum Gasteiger partial charge on any atom is -0.456 e. The van der Waals surface area contributed by atoms with Crippen molar-refractivity contribution in [3.05, 3.63) is 54.4 Å². The Kier molecular flexibility index (Phi) is 4.78. The molecule has 0 unspecified atom stereocenters. The van der Waals surface area contributed by atoms with E-state index in [1.165, 1.54) is 0 Å². The van der Waals surface area contributed by atoms with E-state index in [-0.39, 0.29) is 6.10 Å². The van der Waals surface area contributed by atoms with E-state index in [0.29, 0.717) is 25.4 Å². The Morgan fingerprint density at radius 3 is 2.82 bits per heavy atom. The number of aldehydes is 1. The summed E-state index contributed by atoms with van der Waals surface area (Å²) in [6.45, 7) is 2.72. The van der Waals surface area contributed by atoms with Crippen LogP contribution in [0.3, 0.4) is 0 Å². The van der Waals surface area contributed by atoms with Gasteiger partial charge in [0, 0.05) is 19.6 Å². The Bertz CT molecular complexity index is 601. The summed E-state index contributed by atoms with van der Waals surface area (Å²) >= 11 is 0. The van der Waals surface area contributed by atoms with Gasteiger partial charge in [-0.2, -0.15) is 0 Å². The van der Waals surface area contributed by atoms with Crippen molar-refractivity contribution in [2.24, 2.45) is 0 Å². The highest BCUT2D eigenvalue weighted by molar-refractivity contribution is 5.56. The fraction of sp³-hybridized carbons (Fsp3) is 0.294. The first-order valence-electron chi connectivity index (χ1n) is 7.30. The van der Waals surface area contributed by atoms with E-state index < -0.39 is 0 Å². The zero-order valence-corrected chi connectivity index (χ0v) is 12.2. The quantitative estimate of drug-likeness (QED) is 0.793. The molecule has 1 aromatic heterocycles. The van der Waals surface area contributed by atoms with E-state index in [1.807, 2.05) is 42.5 Å². The lowest BCUT2D eigenvalue weighted by molar-refractivity contribution is -0.123. The number of hydrogen-bond acceptors (Lipinski definition) is 5. The Morgan fingerprint density at radius 1 is 1.23 bits per heavy atom. The standard InChI is InChI=1S/C17H18N2O3/c20-13-17-12-19(8-9-21-17)11-14-6-7-16(10-18-14)22-15-4-2-1-3-5-15/h1-7,10,13,17H,8-9,11-12H2/t17-/m0/s1. The van der Waals surface area contributed by atoms with Gasteiger partial charge in [-0.3, -0.25) is 9.88 Å². The zero-order chi connectivity index (χ0) is 15.2. The Labute approximate surface area is 129 Å². The number of para-hydroxylation sites is 1. The number of morpholine rings is 1. The topological polar surface area (TPSA) is 51.7 Å². The van der Waals surface area contributed by atoms with Crippen LogP contribution >= 0.6 is 0 Å². The maximum Gasteiger partial charge on any atom is 0.150 e. The molecule has 1 aliphatic rings. The van der Waals surface area contributed by atoms with Gasteiger partial charge in [0.15, 0.2) is 0 Å². The van der Waals surface area contributed by atoms with E-state index in [4.69, 9.17) is 9.47 Å². The molecule has 0 saturated carbocycles. The average Bonchev–Trinajstić information content (AvgIpc) is 2.58. The molecule has 1 atom stereocenters. The number of hydrogen-bond donors (Lipinski definition) is 0.